The van der Waals surface area contributed by atoms with Crippen LogP contribution in [0.3, 0.4) is 0 Å². The zero-order chi connectivity index (χ0) is 14.4. The Kier molecular flexibility index (Phi) is 5.18. The second-order valence-corrected chi connectivity index (χ2v) is 5.15. The summed E-state index contributed by atoms with van der Waals surface area (Å²) in [5.41, 5.74) is 2.27. The third kappa shape index (κ3) is 3.84. The standard InChI is InChI=1S/C16H23N3O/c1-3-13(19-16(20)15-5-4-10-18-15)11-12-6-8-14(17-2)9-7-12/h3,6-9,13,15,17-18H,1,4-5,10-11H2,2H3,(H,19,20). The lowest BCUT2D eigenvalue weighted by Crippen LogP contribution is -2.45. The van der Waals surface area contributed by atoms with Crippen LogP contribution < -0.4 is 16.0 Å². The number of hydrogen-bond acceptors (Lipinski definition) is 3. The largest absolute Gasteiger partial charge is 0.388 e. The maximum Gasteiger partial charge on any atom is 0.237 e. The molecule has 0 bridgehead atoms. The van der Waals surface area contributed by atoms with E-state index in [1.807, 2.05) is 19.2 Å². The summed E-state index contributed by atoms with van der Waals surface area (Å²) in [6.07, 6.45) is 4.57. The van der Waals surface area contributed by atoms with Gasteiger partial charge in [-0.1, -0.05) is 18.2 Å². The van der Waals surface area contributed by atoms with Crippen LogP contribution in [0.1, 0.15) is 18.4 Å². The van der Waals surface area contributed by atoms with E-state index in [2.05, 4.69) is 34.7 Å². The lowest BCUT2D eigenvalue weighted by Gasteiger charge is -2.18. The fourth-order valence-corrected chi connectivity index (χ4v) is 2.45. The molecule has 0 spiro atoms. The van der Waals surface area contributed by atoms with Crippen LogP contribution in [0, 0.1) is 0 Å². The second-order valence-electron chi connectivity index (χ2n) is 5.15. The summed E-state index contributed by atoms with van der Waals surface area (Å²) in [6.45, 7) is 4.76. The van der Waals surface area contributed by atoms with Crippen molar-refractivity contribution in [2.24, 2.45) is 0 Å². The van der Waals surface area contributed by atoms with Gasteiger partial charge in [0.1, 0.15) is 0 Å². The molecular formula is C16H23N3O. The van der Waals surface area contributed by atoms with Gasteiger partial charge in [0.2, 0.25) is 5.91 Å². The summed E-state index contributed by atoms with van der Waals surface area (Å²) in [5.74, 6) is 0.0826. The van der Waals surface area contributed by atoms with Crippen LogP contribution >= 0.6 is 0 Å². The molecule has 108 valence electrons. The Morgan fingerprint density at radius 3 is 2.80 bits per heavy atom. The molecule has 1 heterocycles. The average molecular weight is 273 g/mol. The van der Waals surface area contributed by atoms with Gasteiger partial charge in [-0.3, -0.25) is 4.79 Å². The molecule has 1 saturated heterocycles. The summed E-state index contributed by atoms with van der Waals surface area (Å²) in [6, 6.07) is 8.16. The van der Waals surface area contributed by atoms with Crippen molar-refractivity contribution in [3.05, 3.63) is 42.5 Å². The van der Waals surface area contributed by atoms with Crippen molar-refractivity contribution in [2.75, 3.05) is 18.9 Å². The van der Waals surface area contributed by atoms with Crippen molar-refractivity contribution in [3.8, 4) is 0 Å². The summed E-state index contributed by atoms with van der Waals surface area (Å²) in [4.78, 5) is 12.1. The highest BCUT2D eigenvalue weighted by atomic mass is 16.2. The number of benzene rings is 1. The molecule has 1 fully saturated rings. The fraction of sp³-hybridized carbons (Fsp3) is 0.438. The summed E-state index contributed by atoms with van der Waals surface area (Å²) < 4.78 is 0. The van der Waals surface area contributed by atoms with Gasteiger partial charge in [-0.25, -0.2) is 0 Å². The molecular weight excluding hydrogens is 250 g/mol. The Morgan fingerprint density at radius 1 is 1.50 bits per heavy atom. The maximum atomic E-state index is 12.1. The van der Waals surface area contributed by atoms with E-state index in [0.29, 0.717) is 0 Å². The minimum absolute atomic E-state index is 0.0228. The molecule has 0 aliphatic carbocycles. The third-order valence-corrected chi connectivity index (χ3v) is 3.69. The van der Waals surface area contributed by atoms with Gasteiger partial charge in [-0.2, -0.15) is 0 Å². The molecule has 0 radical (unpaired) electrons. The van der Waals surface area contributed by atoms with E-state index in [9.17, 15) is 4.79 Å². The van der Waals surface area contributed by atoms with E-state index in [0.717, 1.165) is 31.5 Å². The molecule has 0 aromatic heterocycles. The van der Waals surface area contributed by atoms with Crippen LogP contribution in [0.2, 0.25) is 0 Å². The summed E-state index contributed by atoms with van der Waals surface area (Å²) >= 11 is 0. The van der Waals surface area contributed by atoms with Gasteiger partial charge in [0.05, 0.1) is 12.1 Å². The quantitative estimate of drug-likeness (QED) is 0.691. The Bertz CT molecular complexity index is 449. The SMILES string of the molecule is C=CC(Cc1ccc(NC)cc1)NC(=O)C1CCCN1. The van der Waals surface area contributed by atoms with E-state index in [4.69, 9.17) is 0 Å². The highest BCUT2D eigenvalue weighted by Gasteiger charge is 2.23. The molecule has 2 atom stereocenters. The summed E-state index contributed by atoms with van der Waals surface area (Å²) in [7, 11) is 1.90. The van der Waals surface area contributed by atoms with E-state index in [-0.39, 0.29) is 18.0 Å². The van der Waals surface area contributed by atoms with E-state index in [1.54, 1.807) is 6.08 Å². The smallest absolute Gasteiger partial charge is 0.237 e. The number of hydrogen-bond donors (Lipinski definition) is 3. The first-order valence-corrected chi connectivity index (χ1v) is 7.16. The van der Waals surface area contributed by atoms with Crippen LogP contribution in [0.25, 0.3) is 0 Å². The van der Waals surface area contributed by atoms with Crippen LogP contribution in [-0.2, 0) is 11.2 Å². The Labute approximate surface area is 120 Å². The van der Waals surface area contributed by atoms with Gasteiger partial charge < -0.3 is 16.0 Å². The summed E-state index contributed by atoms with van der Waals surface area (Å²) in [5, 5.41) is 9.35. The molecule has 3 N–H and O–H groups in total. The van der Waals surface area contributed by atoms with Crippen molar-refractivity contribution in [1.82, 2.24) is 10.6 Å². The van der Waals surface area contributed by atoms with Gasteiger partial charge in [-0.05, 0) is 43.5 Å². The third-order valence-electron chi connectivity index (χ3n) is 3.69. The highest BCUT2D eigenvalue weighted by Crippen LogP contribution is 2.11. The van der Waals surface area contributed by atoms with Gasteiger partial charge in [0.25, 0.3) is 0 Å². The van der Waals surface area contributed by atoms with Gasteiger partial charge >= 0.3 is 0 Å². The number of carbonyl (C=O) groups is 1. The molecule has 4 nitrogen and oxygen atoms in total. The molecule has 4 heteroatoms. The zero-order valence-corrected chi connectivity index (χ0v) is 12.0. The van der Waals surface area contributed by atoms with Gasteiger partial charge in [-0.15, -0.1) is 6.58 Å². The minimum atomic E-state index is -0.0379. The minimum Gasteiger partial charge on any atom is -0.388 e. The molecule has 1 aromatic carbocycles. The van der Waals surface area contributed by atoms with Crippen molar-refractivity contribution in [3.63, 3.8) is 0 Å². The van der Waals surface area contributed by atoms with Crippen LogP contribution in [-0.4, -0.2) is 31.6 Å². The lowest BCUT2D eigenvalue weighted by atomic mass is 10.0. The molecule has 2 rings (SSSR count). The van der Waals surface area contributed by atoms with E-state index < -0.39 is 0 Å². The molecule has 1 aliphatic heterocycles. The first-order chi connectivity index (χ1) is 9.72. The molecule has 0 saturated carbocycles. The second kappa shape index (κ2) is 7.10. The van der Waals surface area contributed by atoms with Crippen molar-refractivity contribution < 1.29 is 4.79 Å². The van der Waals surface area contributed by atoms with Gasteiger partial charge in [0, 0.05) is 12.7 Å². The Balaban J connectivity index is 1.90. The normalized spacial score (nSPS) is 19.4. The molecule has 1 aromatic rings. The number of anilines is 1. The first-order valence-electron chi connectivity index (χ1n) is 7.16. The van der Waals surface area contributed by atoms with Crippen LogP contribution in [0.15, 0.2) is 36.9 Å². The number of nitrogens with one attached hydrogen (secondary N) is 3. The van der Waals surface area contributed by atoms with E-state index in [1.165, 1.54) is 5.56 Å². The monoisotopic (exact) mass is 273 g/mol. The topological polar surface area (TPSA) is 53.2 Å². The van der Waals surface area contributed by atoms with Crippen molar-refractivity contribution >= 4 is 11.6 Å². The highest BCUT2D eigenvalue weighted by molar-refractivity contribution is 5.82. The number of rotatable bonds is 6. The molecule has 2 unspecified atom stereocenters. The average Bonchev–Trinajstić information content (AvgIpc) is 3.01. The predicted molar refractivity (Wildman–Crippen MR) is 82.8 cm³/mol. The number of carbonyl (C=O) groups excluding carboxylic acids is 1. The Hall–Kier alpha value is -1.81. The van der Waals surface area contributed by atoms with Crippen molar-refractivity contribution in [1.29, 1.82) is 0 Å². The molecule has 1 aliphatic rings. The zero-order valence-electron chi connectivity index (χ0n) is 12.0. The molecule has 1 amide bonds. The first kappa shape index (κ1) is 14.6. The van der Waals surface area contributed by atoms with Crippen LogP contribution in [0.5, 0.6) is 0 Å². The lowest BCUT2D eigenvalue weighted by molar-refractivity contribution is -0.123. The molecule has 20 heavy (non-hydrogen) atoms. The van der Waals surface area contributed by atoms with Crippen molar-refractivity contribution in [2.45, 2.75) is 31.3 Å². The maximum absolute atomic E-state index is 12.1. The predicted octanol–water partition coefficient (Wildman–Crippen LogP) is 1.69. The Morgan fingerprint density at radius 2 is 2.25 bits per heavy atom. The fourth-order valence-electron chi connectivity index (χ4n) is 2.45. The van der Waals surface area contributed by atoms with Gasteiger partial charge in [0.15, 0.2) is 0 Å². The number of amides is 1. The van der Waals surface area contributed by atoms with Crippen LogP contribution in [0.4, 0.5) is 5.69 Å². The van der Waals surface area contributed by atoms with E-state index >= 15 is 0 Å².